The van der Waals surface area contributed by atoms with E-state index in [1.54, 1.807) is 4.90 Å². The van der Waals surface area contributed by atoms with Gasteiger partial charge in [-0.2, -0.15) is 0 Å². The predicted octanol–water partition coefficient (Wildman–Crippen LogP) is 1.19. The second-order valence-corrected chi connectivity index (χ2v) is 6.11. The van der Waals surface area contributed by atoms with Crippen LogP contribution in [-0.4, -0.2) is 53.3 Å². The summed E-state index contributed by atoms with van der Waals surface area (Å²) >= 11 is 0. The lowest BCUT2D eigenvalue weighted by molar-refractivity contribution is -0.135. The van der Waals surface area contributed by atoms with Crippen LogP contribution in [0.5, 0.6) is 0 Å². The third-order valence-corrected chi connectivity index (χ3v) is 4.37. The second-order valence-electron chi connectivity index (χ2n) is 6.11. The molecule has 0 bridgehead atoms. The van der Waals surface area contributed by atoms with Gasteiger partial charge >= 0.3 is 0 Å². The summed E-state index contributed by atoms with van der Waals surface area (Å²) in [5.74, 6) is 0.0842. The fraction of sp³-hybridized carbons (Fsp3) is 0.500. The zero-order valence-corrected chi connectivity index (χ0v) is 13.6. The molecule has 1 aromatic carbocycles. The van der Waals surface area contributed by atoms with E-state index in [0.29, 0.717) is 31.7 Å². The summed E-state index contributed by atoms with van der Waals surface area (Å²) < 4.78 is 0. The van der Waals surface area contributed by atoms with Gasteiger partial charge in [-0.3, -0.25) is 9.59 Å². The van der Waals surface area contributed by atoms with E-state index >= 15 is 0 Å². The Morgan fingerprint density at radius 3 is 2.00 bits per heavy atom. The minimum absolute atomic E-state index is 0. The molecule has 0 aromatic heterocycles. The highest BCUT2D eigenvalue weighted by molar-refractivity contribution is 5.94. The molecule has 5 nitrogen and oxygen atoms in total. The molecule has 0 spiro atoms. The normalized spacial score (nSPS) is 19.4. The van der Waals surface area contributed by atoms with Gasteiger partial charge in [-0.05, 0) is 31.9 Å². The lowest BCUT2D eigenvalue weighted by Gasteiger charge is -2.36. The summed E-state index contributed by atoms with van der Waals surface area (Å²) in [6, 6.07) is 7.60. The van der Waals surface area contributed by atoms with Crippen molar-refractivity contribution in [3.63, 3.8) is 0 Å². The van der Waals surface area contributed by atoms with Crippen LogP contribution in [0.3, 0.4) is 0 Å². The Hall–Kier alpha value is -1.59. The Morgan fingerprint density at radius 2 is 1.50 bits per heavy atom. The summed E-state index contributed by atoms with van der Waals surface area (Å²) in [5, 5.41) is 0. The quantitative estimate of drug-likeness (QED) is 0.889. The summed E-state index contributed by atoms with van der Waals surface area (Å²) in [6.45, 7) is 4.31. The Bertz CT molecular complexity index is 561. The van der Waals surface area contributed by atoms with E-state index in [-0.39, 0.29) is 24.2 Å². The molecule has 3 rings (SSSR count). The van der Waals surface area contributed by atoms with Gasteiger partial charge in [0, 0.05) is 31.7 Å². The number of rotatable bonds is 2. The van der Waals surface area contributed by atoms with Crippen LogP contribution in [0.15, 0.2) is 24.3 Å². The molecule has 0 radical (unpaired) electrons. The number of halogens is 1. The molecular formula is C16H22ClN3O2. The molecule has 1 heterocycles. The van der Waals surface area contributed by atoms with Crippen molar-refractivity contribution < 1.29 is 9.59 Å². The van der Waals surface area contributed by atoms with Crippen LogP contribution in [0.2, 0.25) is 0 Å². The van der Waals surface area contributed by atoms with Crippen molar-refractivity contribution in [2.75, 3.05) is 26.2 Å². The van der Waals surface area contributed by atoms with E-state index in [1.807, 2.05) is 36.1 Å². The highest BCUT2D eigenvalue weighted by Gasteiger charge is 2.48. The Morgan fingerprint density at radius 1 is 1.00 bits per heavy atom. The second kappa shape index (κ2) is 6.26. The molecule has 120 valence electrons. The van der Waals surface area contributed by atoms with Gasteiger partial charge in [0.2, 0.25) is 5.91 Å². The molecule has 22 heavy (non-hydrogen) atoms. The first kappa shape index (κ1) is 16.8. The first-order valence-corrected chi connectivity index (χ1v) is 7.44. The van der Waals surface area contributed by atoms with Crippen LogP contribution < -0.4 is 5.73 Å². The highest BCUT2D eigenvalue weighted by Crippen LogP contribution is 2.34. The number of hydrogen-bond acceptors (Lipinski definition) is 3. The maximum absolute atomic E-state index is 12.4. The maximum Gasteiger partial charge on any atom is 0.253 e. The molecule has 0 unspecified atom stereocenters. The topological polar surface area (TPSA) is 66.6 Å². The van der Waals surface area contributed by atoms with Crippen LogP contribution in [0.25, 0.3) is 0 Å². The van der Waals surface area contributed by atoms with Crippen molar-refractivity contribution in [2.45, 2.75) is 25.3 Å². The van der Waals surface area contributed by atoms with Crippen LogP contribution >= 0.6 is 12.4 Å². The fourth-order valence-electron chi connectivity index (χ4n) is 2.65. The van der Waals surface area contributed by atoms with Gasteiger partial charge in [0.25, 0.3) is 5.91 Å². The molecule has 1 aliphatic heterocycles. The summed E-state index contributed by atoms with van der Waals surface area (Å²) in [7, 11) is 0. The maximum atomic E-state index is 12.4. The largest absolute Gasteiger partial charge is 0.338 e. The van der Waals surface area contributed by atoms with E-state index in [2.05, 4.69) is 0 Å². The van der Waals surface area contributed by atoms with Crippen LogP contribution in [0, 0.1) is 6.92 Å². The van der Waals surface area contributed by atoms with Crippen molar-refractivity contribution in [3.8, 4) is 0 Å². The molecule has 1 aromatic rings. The Labute approximate surface area is 136 Å². The molecule has 2 amide bonds. The number of piperazine rings is 1. The number of nitrogens with zero attached hydrogens (tertiary/aromatic N) is 2. The van der Waals surface area contributed by atoms with Crippen molar-refractivity contribution in [3.05, 3.63) is 35.4 Å². The number of aryl methyl sites for hydroxylation is 1. The van der Waals surface area contributed by atoms with Crippen molar-refractivity contribution >= 4 is 24.2 Å². The van der Waals surface area contributed by atoms with Crippen molar-refractivity contribution in [1.82, 2.24) is 9.80 Å². The first-order chi connectivity index (χ1) is 9.99. The molecule has 2 aliphatic rings. The van der Waals surface area contributed by atoms with Gasteiger partial charge in [0.1, 0.15) is 0 Å². The number of nitrogens with two attached hydrogens (primary N) is 1. The zero-order chi connectivity index (χ0) is 15.0. The Kier molecular flexibility index (Phi) is 4.78. The smallest absolute Gasteiger partial charge is 0.253 e. The molecule has 2 N–H and O–H groups in total. The minimum Gasteiger partial charge on any atom is -0.338 e. The van der Waals surface area contributed by atoms with Gasteiger partial charge in [0.15, 0.2) is 0 Å². The third-order valence-electron chi connectivity index (χ3n) is 4.37. The number of carbonyl (C=O) groups is 2. The minimum atomic E-state index is -0.608. The first-order valence-electron chi connectivity index (χ1n) is 7.44. The number of amides is 2. The fourth-order valence-corrected chi connectivity index (χ4v) is 2.65. The number of carbonyl (C=O) groups excluding carboxylic acids is 2. The van der Waals surface area contributed by atoms with Gasteiger partial charge in [-0.15, -0.1) is 12.4 Å². The molecular weight excluding hydrogens is 302 g/mol. The monoisotopic (exact) mass is 323 g/mol. The van der Waals surface area contributed by atoms with Crippen LogP contribution in [-0.2, 0) is 4.79 Å². The molecule has 0 atom stereocenters. The average Bonchev–Trinajstić information content (AvgIpc) is 3.26. The van der Waals surface area contributed by atoms with Crippen molar-refractivity contribution in [2.24, 2.45) is 5.73 Å². The molecule has 1 saturated heterocycles. The standard InChI is InChI=1S/C16H21N3O2.ClH/c1-12-2-4-13(5-3-12)14(20)18-8-10-19(11-9-18)15(21)16(17)6-7-16;/h2-5H,6-11,17H2,1H3;1H. The zero-order valence-electron chi connectivity index (χ0n) is 12.7. The molecule has 6 heteroatoms. The van der Waals surface area contributed by atoms with E-state index in [0.717, 1.165) is 18.4 Å². The van der Waals surface area contributed by atoms with Crippen LogP contribution in [0.4, 0.5) is 0 Å². The predicted molar refractivity (Wildman–Crippen MR) is 87.1 cm³/mol. The number of hydrogen-bond donors (Lipinski definition) is 1. The molecule has 1 aliphatic carbocycles. The van der Waals surface area contributed by atoms with Gasteiger partial charge < -0.3 is 15.5 Å². The van der Waals surface area contributed by atoms with E-state index in [4.69, 9.17) is 5.73 Å². The lowest BCUT2D eigenvalue weighted by Crippen LogP contribution is -2.55. The average molecular weight is 324 g/mol. The summed E-state index contributed by atoms with van der Waals surface area (Å²) in [6.07, 6.45) is 1.57. The van der Waals surface area contributed by atoms with Crippen molar-refractivity contribution in [1.29, 1.82) is 0 Å². The summed E-state index contributed by atoms with van der Waals surface area (Å²) in [5.41, 5.74) is 7.19. The van der Waals surface area contributed by atoms with E-state index in [1.165, 1.54) is 0 Å². The van der Waals surface area contributed by atoms with Gasteiger partial charge in [-0.1, -0.05) is 17.7 Å². The van der Waals surface area contributed by atoms with Crippen LogP contribution in [0.1, 0.15) is 28.8 Å². The number of benzene rings is 1. The SMILES string of the molecule is Cc1ccc(C(=O)N2CCN(C(=O)C3(N)CC3)CC2)cc1.Cl. The summed E-state index contributed by atoms with van der Waals surface area (Å²) in [4.78, 5) is 28.2. The van der Waals surface area contributed by atoms with Gasteiger partial charge in [0.05, 0.1) is 5.54 Å². The van der Waals surface area contributed by atoms with E-state index < -0.39 is 5.54 Å². The van der Waals surface area contributed by atoms with Gasteiger partial charge in [-0.25, -0.2) is 0 Å². The van der Waals surface area contributed by atoms with E-state index in [9.17, 15) is 9.59 Å². The molecule has 2 fully saturated rings. The highest BCUT2D eigenvalue weighted by atomic mass is 35.5. The molecule has 1 saturated carbocycles. The Balaban J connectivity index is 0.00000176. The third kappa shape index (κ3) is 3.25. The lowest BCUT2D eigenvalue weighted by atomic mass is 10.1.